The number of nitrogens with zero attached hydrogens (tertiary/aromatic N) is 2. The zero-order chi connectivity index (χ0) is 10.4. The Bertz CT molecular complexity index is 239. The molecule has 0 aromatic carbocycles. The molecule has 3 heteroatoms. The third-order valence-corrected chi connectivity index (χ3v) is 1.41. The van der Waals surface area contributed by atoms with Crippen molar-refractivity contribution in [2.75, 3.05) is 0 Å². The third-order valence-electron chi connectivity index (χ3n) is 1.41. The molecule has 1 rings (SSSR count). The highest BCUT2D eigenvalue weighted by molar-refractivity contribution is 6.30. The van der Waals surface area contributed by atoms with Crippen LogP contribution in [0.1, 0.15) is 45.1 Å². The van der Waals surface area contributed by atoms with Crippen LogP contribution in [-0.4, -0.2) is 17.8 Å². The smallest absolute Gasteiger partial charge is 0.141 e. The molecule has 1 heterocycles. The summed E-state index contributed by atoms with van der Waals surface area (Å²) in [5, 5.41) is 0. The number of rotatable bonds is 1. The number of hydrogen-bond acceptors (Lipinski definition) is 2. The number of aromatic nitrogens is 2. The maximum Gasteiger partial charge on any atom is 0.141 e. The van der Waals surface area contributed by atoms with Crippen LogP contribution in [0.2, 0.25) is 0 Å². The number of aryl methyl sites for hydroxylation is 1. The maximum absolute atomic E-state index is 5.55. The Kier molecular flexibility index (Phi) is 5.36. The first-order valence-electron chi connectivity index (χ1n) is 4.70. The van der Waals surface area contributed by atoms with Gasteiger partial charge in [0.1, 0.15) is 13.7 Å². The van der Waals surface area contributed by atoms with E-state index in [9.17, 15) is 0 Å². The van der Waals surface area contributed by atoms with Gasteiger partial charge in [-0.2, -0.15) is 0 Å². The van der Waals surface area contributed by atoms with Gasteiger partial charge in [0.25, 0.3) is 0 Å². The molecular formula is C10H17BN2. The second-order valence-corrected chi connectivity index (χ2v) is 2.95. The van der Waals surface area contributed by atoms with Crippen LogP contribution < -0.4 is 5.59 Å². The highest BCUT2D eigenvalue weighted by Crippen LogP contribution is 2.06. The number of hydrogen-bond donors (Lipinski definition) is 0. The molecule has 1 aromatic heterocycles. The van der Waals surface area contributed by atoms with E-state index in [2.05, 4.69) is 9.97 Å². The Labute approximate surface area is 82.2 Å². The molecule has 0 aliphatic heterocycles. The fourth-order valence-corrected chi connectivity index (χ4v) is 0.875. The van der Waals surface area contributed by atoms with Crippen LogP contribution >= 0.6 is 0 Å². The van der Waals surface area contributed by atoms with Crippen molar-refractivity contribution < 1.29 is 0 Å². The second-order valence-electron chi connectivity index (χ2n) is 2.95. The molecule has 1 aromatic rings. The Morgan fingerprint density at radius 2 is 1.77 bits per heavy atom. The normalized spacial score (nSPS) is 9.38. The van der Waals surface area contributed by atoms with E-state index in [0.29, 0.717) is 11.5 Å². The molecule has 0 saturated carbocycles. The molecule has 70 valence electrons. The molecule has 0 spiro atoms. The van der Waals surface area contributed by atoms with E-state index in [1.165, 1.54) is 0 Å². The molecular weight excluding hydrogens is 159 g/mol. The van der Waals surface area contributed by atoms with Crippen LogP contribution in [-0.2, 0) is 0 Å². The van der Waals surface area contributed by atoms with Gasteiger partial charge in [-0.05, 0) is 18.6 Å². The van der Waals surface area contributed by atoms with Crippen molar-refractivity contribution in [2.45, 2.75) is 40.5 Å². The third kappa shape index (κ3) is 4.06. The Balaban J connectivity index is 0.000000671. The van der Waals surface area contributed by atoms with Crippen molar-refractivity contribution >= 4 is 13.4 Å². The lowest BCUT2D eigenvalue weighted by Gasteiger charge is -2.05. The minimum atomic E-state index is 0.345. The predicted octanol–water partition coefficient (Wildman–Crippen LogP) is 1.73. The van der Waals surface area contributed by atoms with Crippen LogP contribution in [0, 0.1) is 6.92 Å². The van der Waals surface area contributed by atoms with Crippen molar-refractivity contribution in [3.05, 3.63) is 17.6 Å². The predicted molar refractivity (Wildman–Crippen MR) is 57.6 cm³/mol. The van der Waals surface area contributed by atoms with Crippen molar-refractivity contribution in [3.63, 3.8) is 0 Å². The van der Waals surface area contributed by atoms with E-state index in [0.717, 1.165) is 11.5 Å². The molecule has 13 heavy (non-hydrogen) atoms. The molecule has 2 radical (unpaired) electrons. The highest BCUT2D eigenvalue weighted by Gasteiger charge is 2.02. The van der Waals surface area contributed by atoms with Gasteiger partial charge >= 0.3 is 0 Å². The van der Waals surface area contributed by atoms with E-state index in [4.69, 9.17) is 7.85 Å². The van der Waals surface area contributed by atoms with Crippen molar-refractivity contribution in [3.8, 4) is 0 Å². The summed E-state index contributed by atoms with van der Waals surface area (Å²) in [6.45, 7) is 10.0. The van der Waals surface area contributed by atoms with Gasteiger partial charge < -0.3 is 0 Å². The molecule has 0 amide bonds. The molecule has 0 aliphatic carbocycles. The van der Waals surface area contributed by atoms with E-state index in [1.807, 2.05) is 34.6 Å². The van der Waals surface area contributed by atoms with Crippen LogP contribution in [0.15, 0.2) is 6.07 Å². The van der Waals surface area contributed by atoms with Crippen LogP contribution in [0.3, 0.4) is 0 Å². The highest BCUT2D eigenvalue weighted by atomic mass is 14.9. The van der Waals surface area contributed by atoms with Gasteiger partial charge in [-0.1, -0.05) is 27.7 Å². The summed E-state index contributed by atoms with van der Waals surface area (Å²) in [5.74, 6) is 1.17. The SMILES string of the molecule is CC.[B]c1cc(C)nc(C(C)C)n1. The van der Waals surface area contributed by atoms with Gasteiger partial charge in [0.05, 0.1) is 0 Å². The molecule has 0 saturated heterocycles. The Hall–Kier alpha value is -0.855. The average Bonchev–Trinajstić information content (AvgIpc) is 2.06. The van der Waals surface area contributed by atoms with E-state index in [-0.39, 0.29) is 0 Å². The monoisotopic (exact) mass is 176 g/mol. The van der Waals surface area contributed by atoms with Crippen molar-refractivity contribution in [1.29, 1.82) is 0 Å². The topological polar surface area (TPSA) is 25.8 Å². The van der Waals surface area contributed by atoms with Gasteiger partial charge in [0.15, 0.2) is 0 Å². The van der Waals surface area contributed by atoms with Crippen LogP contribution in [0.25, 0.3) is 0 Å². The molecule has 0 unspecified atom stereocenters. The lowest BCUT2D eigenvalue weighted by Crippen LogP contribution is -2.14. The Morgan fingerprint density at radius 1 is 1.23 bits per heavy atom. The summed E-state index contributed by atoms with van der Waals surface area (Å²) in [5.41, 5.74) is 1.49. The van der Waals surface area contributed by atoms with Gasteiger partial charge in [-0.25, -0.2) is 9.97 Å². The van der Waals surface area contributed by atoms with Gasteiger partial charge in [0.2, 0.25) is 0 Å². The van der Waals surface area contributed by atoms with Crippen LogP contribution in [0.4, 0.5) is 0 Å². The largest absolute Gasteiger partial charge is 0.249 e. The zero-order valence-electron chi connectivity index (χ0n) is 9.13. The van der Waals surface area contributed by atoms with Gasteiger partial charge in [-0.15, -0.1) is 0 Å². The summed E-state index contributed by atoms with van der Waals surface area (Å²) in [6, 6.07) is 1.77. The molecule has 0 fully saturated rings. The Morgan fingerprint density at radius 3 is 2.15 bits per heavy atom. The van der Waals surface area contributed by atoms with Crippen LogP contribution in [0.5, 0.6) is 0 Å². The zero-order valence-corrected chi connectivity index (χ0v) is 9.13. The van der Waals surface area contributed by atoms with Crippen molar-refractivity contribution in [1.82, 2.24) is 9.97 Å². The van der Waals surface area contributed by atoms with Gasteiger partial charge in [-0.3, -0.25) is 0 Å². The minimum Gasteiger partial charge on any atom is -0.249 e. The first kappa shape index (κ1) is 12.1. The minimum absolute atomic E-state index is 0.345. The molecule has 0 atom stereocenters. The van der Waals surface area contributed by atoms with Crippen molar-refractivity contribution in [2.24, 2.45) is 0 Å². The quantitative estimate of drug-likeness (QED) is 0.609. The molecule has 2 nitrogen and oxygen atoms in total. The standard InChI is InChI=1S/C8H11BN2.C2H6/c1-5(2)8-10-6(3)4-7(9)11-8;1-2/h4-5H,1-3H3;1-2H3. The first-order chi connectivity index (χ1) is 6.09. The summed E-state index contributed by atoms with van der Waals surface area (Å²) >= 11 is 0. The van der Waals surface area contributed by atoms with E-state index in [1.54, 1.807) is 6.07 Å². The maximum atomic E-state index is 5.55. The van der Waals surface area contributed by atoms with Gasteiger partial charge in [0, 0.05) is 11.6 Å². The fourth-order valence-electron chi connectivity index (χ4n) is 0.875. The lowest BCUT2D eigenvalue weighted by atomic mass is 10.0. The molecule has 0 N–H and O–H groups in total. The summed E-state index contributed by atoms with van der Waals surface area (Å²) in [6.07, 6.45) is 0. The molecule has 0 aliphatic rings. The summed E-state index contributed by atoms with van der Waals surface area (Å²) in [4.78, 5) is 8.34. The average molecular weight is 176 g/mol. The lowest BCUT2D eigenvalue weighted by molar-refractivity contribution is 0.772. The summed E-state index contributed by atoms with van der Waals surface area (Å²) < 4.78 is 0. The first-order valence-corrected chi connectivity index (χ1v) is 4.70. The fraction of sp³-hybridized carbons (Fsp3) is 0.600. The van der Waals surface area contributed by atoms with E-state index >= 15 is 0 Å². The molecule has 0 bridgehead atoms. The summed E-state index contributed by atoms with van der Waals surface area (Å²) in [7, 11) is 5.55. The van der Waals surface area contributed by atoms with E-state index < -0.39 is 0 Å². The second kappa shape index (κ2) is 5.73.